The van der Waals surface area contributed by atoms with Crippen LogP contribution in [0.5, 0.6) is 0 Å². The highest BCUT2D eigenvalue weighted by Gasteiger charge is 2.45. The lowest BCUT2D eigenvalue weighted by Crippen LogP contribution is -2.47. The Balaban J connectivity index is 1.68. The Labute approximate surface area is 213 Å². The largest absolute Gasteiger partial charge is 0.383 e. The number of nitrogens with zero attached hydrogens (tertiary/aromatic N) is 2. The number of aryl methyl sites for hydroxylation is 1. The lowest BCUT2D eigenvalue weighted by molar-refractivity contribution is -0.119. The molecule has 1 N–H and O–H groups in total. The van der Waals surface area contributed by atoms with E-state index in [1.54, 1.807) is 24.1 Å². The molecule has 0 saturated heterocycles. The SMILES string of the molecule is COCCN1C(=O)c2ccccc2[C@H](C(=O)Nc2ccc(F)c(Cl)c2)[C@H]1c1cn(C)c2ccccc12. The Bertz CT molecular complexity index is 1470. The van der Waals surface area contributed by atoms with E-state index in [0.717, 1.165) is 16.5 Å². The van der Waals surface area contributed by atoms with E-state index in [1.807, 2.05) is 54.2 Å². The summed E-state index contributed by atoms with van der Waals surface area (Å²) >= 11 is 5.96. The zero-order valence-electron chi connectivity index (χ0n) is 19.9. The quantitative estimate of drug-likeness (QED) is 0.374. The number of amides is 2. The van der Waals surface area contributed by atoms with Gasteiger partial charge in [-0.05, 0) is 35.9 Å². The second kappa shape index (κ2) is 9.76. The van der Waals surface area contributed by atoms with Crippen molar-refractivity contribution in [2.24, 2.45) is 7.05 Å². The van der Waals surface area contributed by atoms with Crippen LogP contribution >= 0.6 is 11.6 Å². The summed E-state index contributed by atoms with van der Waals surface area (Å²) in [7, 11) is 3.53. The topological polar surface area (TPSA) is 63.6 Å². The number of hydrogen-bond donors (Lipinski definition) is 1. The molecule has 0 unspecified atom stereocenters. The van der Waals surface area contributed by atoms with Crippen LogP contribution in [0.4, 0.5) is 10.1 Å². The lowest BCUT2D eigenvalue weighted by Gasteiger charge is -2.41. The van der Waals surface area contributed by atoms with Crippen LogP contribution in [0.25, 0.3) is 10.9 Å². The van der Waals surface area contributed by atoms with Crippen molar-refractivity contribution < 1.29 is 18.7 Å². The van der Waals surface area contributed by atoms with Gasteiger partial charge in [0.05, 0.1) is 23.6 Å². The number of carbonyl (C=O) groups is 2. The number of aromatic nitrogens is 1. The molecule has 1 aliphatic heterocycles. The van der Waals surface area contributed by atoms with Crippen molar-refractivity contribution in [3.05, 3.63) is 100 Å². The number of methoxy groups -OCH3 is 1. The Kier molecular flexibility index (Phi) is 6.51. The fourth-order valence-corrected chi connectivity index (χ4v) is 5.24. The number of fused-ring (bicyclic) bond motifs is 2. The van der Waals surface area contributed by atoms with Crippen LogP contribution in [0, 0.1) is 5.82 Å². The molecule has 0 aliphatic carbocycles. The van der Waals surface area contributed by atoms with Gasteiger partial charge in [-0.1, -0.05) is 48.0 Å². The summed E-state index contributed by atoms with van der Waals surface area (Å²) in [6.07, 6.45) is 1.98. The predicted octanol–water partition coefficient (Wildman–Crippen LogP) is 5.54. The number of hydrogen-bond acceptors (Lipinski definition) is 3. The minimum atomic E-state index is -0.731. The highest BCUT2D eigenvalue weighted by atomic mass is 35.5. The third-order valence-corrected chi connectivity index (χ3v) is 6.98. The van der Waals surface area contributed by atoms with Crippen molar-refractivity contribution in [1.82, 2.24) is 9.47 Å². The van der Waals surface area contributed by atoms with Crippen LogP contribution in [-0.2, 0) is 16.6 Å². The van der Waals surface area contributed by atoms with Crippen molar-refractivity contribution in [3.8, 4) is 0 Å². The smallest absolute Gasteiger partial charge is 0.254 e. The van der Waals surface area contributed by atoms with Crippen molar-refractivity contribution in [1.29, 1.82) is 0 Å². The summed E-state index contributed by atoms with van der Waals surface area (Å²) in [5.74, 6) is -1.78. The zero-order valence-corrected chi connectivity index (χ0v) is 20.6. The van der Waals surface area contributed by atoms with Crippen molar-refractivity contribution in [2.45, 2.75) is 12.0 Å². The fraction of sp³-hybridized carbons (Fsp3) is 0.214. The molecule has 0 saturated carbocycles. The molecule has 184 valence electrons. The van der Waals surface area contributed by atoms with E-state index in [-0.39, 0.29) is 16.8 Å². The van der Waals surface area contributed by atoms with Crippen LogP contribution in [-0.4, -0.2) is 41.5 Å². The first-order chi connectivity index (χ1) is 17.4. The molecule has 2 amide bonds. The van der Waals surface area contributed by atoms with Gasteiger partial charge in [0, 0.05) is 54.6 Å². The third kappa shape index (κ3) is 4.14. The third-order valence-electron chi connectivity index (χ3n) is 6.69. The number of nitrogens with one attached hydrogen (secondary N) is 1. The highest BCUT2D eigenvalue weighted by molar-refractivity contribution is 6.31. The molecule has 36 heavy (non-hydrogen) atoms. The summed E-state index contributed by atoms with van der Waals surface area (Å²) in [4.78, 5) is 29.4. The first-order valence-corrected chi connectivity index (χ1v) is 12.0. The molecule has 1 aliphatic rings. The molecule has 2 heterocycles. The maximum atomic E-state index is 14.0. The minimum absolute atomic E-state index is 0.0839. The van der Waals surface area contributed by atoms with Gasteiger partial charge in [0.1, 0.15) is 5.82 Å². The first kappa shape index (κ1) is 24.0. The molecule has 3 aromatic carbocycles. The maximum Gasteiger partial charge on any atom is 0.254 e. The normalized spacial score (nSPS) is 17.3. The molecule has 0 radical (unpaired) electrons. The molecule has 1 aromatic heterocycles. The summed E-state index contributed by atoms with van der Waals surface area (Å²) in [6, 6.07) is 18.5. The Morgan fingerprint density at radius 3 is 2.61 bits per heavy atom. The molecule has 0 bridgehead atoms. The molecule has 8 heteroatoms. The van der Waals surface area contributed by atoms with E-state index in [1.165, 1.54) is 18.2 Å². The summed E-state index contributed by atoms with van der Waals surface area (Å²) in [5, 5.41) is 3.78. The van der Waals surface area contributed by atoms with Gasteiger partial charge in [0.25, 0.3) is 5.91 Å². The maximum absolute atomic E-state index is 14.0. The van der Waals surface area contributed by atoms with Gasteiger partial charge in [-0.2, -0.15) is 0 Å². The standard InChI is InChI=1S/C28H25ClFN3O3/c1-32-16-21(18-7-5-6-10-24(18)32)26-25(27(34)31-17-11-12-23(30)22(29)15-17)19-8-3-4-9-20(19)28(35)33(26)13-14-36-2/h3-12,15-16,25-26H,13-14H2,1-2H3,(H,31,34)/t25-,26+/m0/s1. The first-order valence-electron chi connectivity index (χ1n) is 11.6. The number of ether oxygens (including phenoxy) is 1. The molecule has 2 atom stereocenters. The van der Waals surface area contributed by atoms with E-state index < -0.39 is 17.8 Å². The molecular formula is C28H25ClFN3O3. The van der Waals surface area contributed by atoms with Gasteiger partial charge in [-0.25, -0.2) is 4.39 Å². The predicted molar refractivity (Wildman–Crippen MR) is 138 cm³/mol. The second-order valence-corrected chi connectivity index (χ2v) is 9.24. The molecule has 4 aromatic rings. The van der Waals surface area contributed by atoms with Gasteiger partial charge in [0.2, 0.25) is 5.91 Å². The van der Waals surface area contributed by atoms with E-state index >= 15 is 0 Å². The number of halogens is 2. The summed E-state index contributed by atoms with van der Waals surface area (Å²) in [6.45, 7) is 0.626. The van der Waals surface area contributed by atoms with Gasteiger partial charge >= 0.3 is 0 Å². The van der Waals surface area contributed by atoms with Crippen LogP contribution in [0.1, 0.15) is 33.4 Å². The lowest BCUT2D eigenvalue weighted by atomic mass is 9.79. The average molecular weight is 506 g/mol. The van der Waals surface area contributed by atoms with Gasteiger partial charge in [-0.15, -0.1) is 0 Å². The molecule has 6 nitrogen and oxygen atoms in total. The van der Waals surface area contributed by atoms with Crippen LogP contribution < -0.4 is 5.32 Å². The molecule has 5 rings (SSSR count). The van der Waals surface area contributed by atoms with Gasteiger partial charge in [0.15, 0.2) is 0 Å². The van der Waals surface area contributed by atoms with Gasteiger partial charge in [-0.3, -0.25) is 9.59 Å². The minimum Gasteiger partial charge on any atom is -0.383 e. The summed E-state index contributed by atoms with van der Waals surface area (Å²) < 4.78 is 21.1. The number of para-hydroxylation sites is 1. The fourth-order valence-electron chi connectivity index (χ4n) is 5.06. The van der Waals surface area contributed by atoms with Crippen molar-refractivity contribution >= 4 is 40.0 Å². The molecule has 0 fully saturated rings. The Morgan fingerprint density at radius 2 is 1.83 bits per heavy atom. The van der Waals surface area contributed by atoms with E-state index in [2.05, 4.69) is 5.32 Å². The number of rotatable bonds is 6. The second-order valence-electron chi connectivity index (χ2n) is 8.83. The molecule has 0 spiro atoms. The van der Waals surface area contributed by atoms with Crippen molar-refractivity contribution in [2.75, 3.05) is 25.6 Å². The van der Waals surface area contributed by atoms with Crippen LogP contribution in [0.3, 0.4) is 0 Å². The van der Waals surface area contributed by atoms with E-state index in [9.17, 15) is 14.0 Å². The zero-order chi connectivity index (χ0) is 25.4. The average Bonchev–Trinajstić information content (AvgIpc) is 3.21. The number of carbonyl (C=O) groups excluding carboxylic acids is 2. The Morgan fingerprint density at radius 1 is 1.08 bits per heavy atom. The van der Waals surface area contributed by atoms with E-state index in [4.69, 9.17) is 16.3 Å². The number of benzene rings is 3. The Hall–Kier alpha value is -3.68. The highest BCUT2D eigenvalue weighted by Crippen LogP contribution is 2.45. The van der Waals surface area contributed by atoms with Crippen LogP contribution in [0.2, 0.25) is 5.02 Å². The van der Waals surface area contributed by atoms with Crippen LogP contribution in [0.15, 0.2) is 72.9 Å². The van der Waals surface area contributed by atoms with E-state index in [0.29, 0.717) is 30.0 Å². The van der Waals surface area contributed by atoms with Crippen molar-refractivity contribution in [3.63, 3.8) is 0 Å². The molecular weight excluding hydrogens is 481 g/mol. The summed E-state index contributed by atoms with van der Waals surface area (Å²) in [5.41, 5.74) is 3.35. The number of anilines is 1. The van der Waals surface area contributed by atoms with Gasteiger partial charge < -0.3 is 19.5 Å². The monoisotopic (exact) mass is 505 g/mol.